The van der Waals surface area contributed by atoms with Gasteiger partial charge < -0.3 is 5.32 Å². The fourth-order valence-electron chi connectivity index (χ4n) is 1.86. The lowest BCUT2D eigenvalue weighted by Crippen LogP contribution is -2.38. The van der Waals surface area contributed by atoms with E-state index in [1.54, 1.807) is 11.3 Å². The van der Waals surface area contributed by atoms with Crippen molar-refractivity contribution in [1.29, 1.82) is 0 Å². The Hall–Kier alpha value is -0.0900. The van der Waals surface area contributed by atoms with Crippen LogP contribution in [0.2, 0.25) is 4.34 Å². The van der Waals surface area contributed by atoms with Crippen molar-refractivity contribution in [2.24, 2.45) is 0 Å². The topological polar surface area (TPSA) is 15.3 Å². The van der Waals surface area contributed by atoms with Crippen LogP contribution in [0.3, 0.4) is 0 Å². The zero-order valence-corrected chi connectivity index (χ0v) is 11.9. The molecule has 16 heavy (non-hydrogen) atoms. The van der Waals surface area contributed by atoms with Crippen LogP contribution in [0.25, 0.3) is 0 Å². The molecular formula is C12H21ClN2S. The Bertz CT molecular complexity index is 295. The van der Waals surface area contributed by atoms with Gasteiger partial charge in [0.25, 0.3) is 0 Å². The van der Waals surface area contributed by atoms with Gasteiger partial charge in [0.2, 0.25) is 0 Å². The zero-order valence-electron chi connectivity index (χ0n) is 10.3. The molecule has 0 aromatic carbocycles. The third kappa shape index (κ3) is 4.42. The first-order valence-corrected chi connectivity index (χ1v) is 6.95. The van der Waals surface area contributed by atoms with E-state index >= 15 is 0 Å². The molecule has 1 aromatic rings. The molecule has 0 saturated heterocycles. The van der Waals surface area contributed by atoms with Crippen molar-refractivity contribution in [2.45, 2.75) is 32.4 Å². The maximum absolute atomic E-state index is 5.93. The van der Waals surface area contributed by atoms with Crippen molar-refractivity contribution in [3.8, 4) is 0 Å². The second-order valence-electron chi connectivity index (χ2n) is 4.12. The summed E-state index contributed by atoms with van der Waals surface area (Å²) in [5.74, 6) is 0. The van der Waals surface area contributed by atoms with Gasteiger partial charge in [-0.3, -0.25) is 4.90 Å². The first-order chi connectivity index (χ1) is 7.67. The molecule has 0 aliphatic rings. The molecule has 92 valence electrons. The van der Waals surface area contributed by atoms with Crippen molar-refractivity contribution in [3.05, 3.63) is 21.3 Å². The van der Waals surface area contributed by atoms with Gasteiger partial charge in [0, 0.05) is 24.0 Å². The highest BCUT2D eigenvalue weighted by molar-refractivity contribution is 7.16. The molecule has 0 aliphatic heterocycles. The predicted molar refractivity (Wildman–Crippen MR) is 73.4 cm³/mol. The lowest BCUT2D eigenvalue weighted by molar-refractivity contribution is 0.219. The van der Waals surface area contributed by atoms with E-state index in [4.69, 9.17) is 11.6 Å². The third-order valence-electron chi connectivity index (χ3n) is 2.72. The van der Waals surface area contributed by atoms with Gasteiger partial charge in [-0.25, -0.2) is 0 Å². The Morgan fingerprint density at radius 2 is 2.25 bits per heavy atom. The number of hydrogen-bond acceptors (Lipinski definition) is 3. The first-order valence-electron chi connectivity index (χ1n) is 5.76. The van der Waals surface area contributed by atoms with E-state index < -0.39 is 0 Å². The summed E-state index contributed by atoms with van der Waals surface area (Å²) in [6, 6.07) is 4.70. The molecule has 1 rings (SSSR count). The Labute approximate surface area is 108 Å². The minimum atomic E-state index is 0.607. The van der Waals surface area contributed by atoms with Gasteiger partial charge in [-0.05, 0) is 32.6 Å². The van der Waals surface area contributed by atoms with E-state index in [2.05, 4.69) is 30.3 Å². The molecule has 0 radical (unpaired) electrons. The molecule has 0 fully saturated rings. The first kappa shape index (κ1) is 14.0. The Morgan fingerprint density at radius 3 is 2.75 bits per heavy atom. The second-order valence-corrected chi connectivity index (χ2v) is 5.92. The van der Waals surface area contributed by atoms with Gasteiger partial charge in [-0.1, -0.05) is 24.9 Å². The number of nitrogens with zero attached hydrogens (tertiary/aromatic N) is 1. The summed E-state index contributed by atoms with van der Waals surface area (Å²) in [5.41, 5.74) is 0. The quantitative estimate of drug-likeness (QED) is 0.810. The smallest absolute Gasteiger partial charge is 0.0931 e. The maximum Gasteiger partial charge on any atom is 0.0931 e. The molecule has 2 nitrogen and oxygen atoms in total. The van der Waals surface area contributed by atoms with E-state index in [0.29, 0.717) is 6.04 Å². The summed E-state index contributed by atoms with van der Waals surface area (Å²) in [7, 11) is 4.20. The van der Waals surface area contributed by atoms with E-state index in [1.165, 1.54) is 17.7 Å². The largest absolute Gasteiger partial charge is 0.318 e. The molecule has 4 heteroatoms. The van der Waals surface area contributed by atoms with Crippen molar-refractivity contribution in [2.75, 3.05) is 20.6 Å². The molecule has 0 bridgehead atoms. The van der Waals surface area contributed by atoms with Gasteiger partial charge >= 0.3 is 0 Å². The fourth-order valence-corrected chi connectivity index (χ4v) is 3.01. The van der Waals surface area contributed by atoms with Crippen LogP contribution in [-0.4, -0.2) is 31.6 Å². The highest BCUT2D eigenvalue weighted by Crippen LogP contribution is 2.23. The summed E-state index contributed by atoms with van der Waals surface area (Å²) in [5, 5.41) is 3.26. The molecule has 1 aromatic heterocycles. The van der Waals surface area contributed by atoms with Gasteiger partial charge in [0.15, 0.2) is 0 Å². The van der Waals surface area contributed by atoms with Crippen LogP contribution in [0.5, 0.6) is 0 Å². The average molecular weight is 261 g/mol. The van der Waals surface area contributed by atoms with E-state index in [-0.39, 0.29) is 0 Å². The van der Waals surface area contributed by atoms with Crippen LogP contribution in [0, 0.1) is 0 Å². The Morgan fingerprint density at radius 1 is 1.50 bits per heavy atom. The van der Waals surface area contributed by atoms with Crippen molar-refractivity contribution < 1.29 is 0 Å². The Kier molecular flexibility index (Phi) is 6.36. The number of thiophene rings is 1. The molecule has 1 unspecified atom stereocenters. The SMILES string of the molecule is CCCC(CNC)N(C)Cc1ccc(Cl)s1. The molecule has 1 N–H and O–H groups in total. The monoisotopic (exact) mass is 260 g/mol. The molecule has 0 amide bonds. The van der Waals surface area contributed by atoms with Crippen molar-refractivity contribution in [3.63, 3.8) is 0 Å². The minimum Gasteiger partial charge on any atom is -0.318 e. The van der Waals surface area contributed by atoms with Gasteiger partial charge in [0.05, 0.1) is 4.34 Å². The normalized spacial score (nSPS) is 13.3. The predicted octanol–water partition coefficient (Wildman–Crippen LogP) is 3.22. The number of hydrogen-bond donors (Lipinski definition) is 1. The fraction of sp³-hybridized carbons (Fsp3) is 0.667. The van der Waals surface area contributed by atoms with Gasteiger partial charge in [0.1, 0.15) is 0 Å². The average Bonchev–Trinajstić information content (AvgIpc) is 2.63. The minimum absolute atomic E-state index is 0.607. The Balaban J connectivity index is 2.50. The molecule has 0 saturated carbocycles. The lowest BCUT2D eigenvalue weighted by Gasteiger charge is -2.27. The zero-order chi connectivity index (χ0) is 12.0. The number of halogens is 1. The van der Waals surface area contributed by atoms with Crippen LogP contribution in [-0.2, 0) is 6.54 Å². The van der Waals surface area contributed by atoms with Crippen molar-refractivity contribution in [1.82, 2.24) is 10.2 Å². The van der Waals surface area contributed by atoms with Crippen LogP contribution in [0.4, 0.5) is 0 Å². The molecule has 1 heterocycles. The maximum atomic E-state index is 5.93. The molecular weight excluding hydrogens is 240 g/mol. The standard InChI is InChI=1S/C12H21ClN2S/c1-4-5-10(8-14-2)15(3)9-11-6-7-12(13)16-11/h6-7,10,14H,4-5,8-9H2,1-3H3. The third-order valence-corrected chi connectivity index (χ3v) is 3.93. The molecule has 1 atom stereocenters. The van der Waals surface area contributed by atoms with Crippen LogP contribution in [0.15, 0.2) is 12.1 Å². The number of likely N-dealkylation sites (N-methyl/N-ethyl adjacent to an activating group) is 2. The number of nitrogens with one attached hydrogen (secondary N) is 1. The summed E-state index contributed by atoms with van der Waals surface area (Å²) in [6.07, 6.45) is 2.46. The summed E-state index contributed by atoms with van der Waals surface area (Å²) in [4.78, 5) is 3.74. The molecule has 0 aliphatic carbocycles. The summed E-state index contributed by atoms with van der Waals surface area (Å²) in [6.45, 7) is 4.27. The summed E-state index contributed by atoms with van der Waals surface area (Å²) < 4.78 is 0.879. The lowest BCUT2D eigenvalue weighted by atomic mass is 10.1. The van der Waals surface area contributed by atoms with Crippen LogP contribution in [0.1, 0.15) is 24.6 Å². The van der Waals surface area contributed by atoms with Crippen LogP contribution >= 0.6 is 22.9 Å². The van der Waals surface area contributed by atoms with Crippen molar-refractivity contribution >= 4 is 22.9 Å². The van der Waals surface area contributed by atoms with Crippen LogP contribution < -0.4 is 5.32 Å². The van der Waals surface area contributed by atoms with Gasteiger partial charge in [-0.15, -0.1) is 11.3 Å². The highest BCUT2D eigenvalue weighted by atomic mass is 35.5. The highest BCUT2D eigenvalue weighted by Gasteiger charge is 2.13. The van der Waals surface area contributed by atoms with E-state index in [1.807, 2.05) is 13.1 Å². The second kappa shape index (κ2) is 7.28. The van der Waals surface area contributed by atoms with Gasteiger partial charge in [-0.2, -0.15) is 0 Å². The van der Waals surface area contributed by atoms with E-state index in [9.17, 15) is 0 Å². The molecule has 0 spiro atoms. The summed E-state index contributed by atoms with van der Waals surface area (Å²) >= 11 is 7.61. The number of rotatable bonds is 7. The van der Waals surface area contributed by atoms with E-state index in [0.717, 1.165) is 17.4 Å².